The van der Waals surface area contributed by atoms with Gasteiger partial charge in [-0.1, -0.05) is 23.5 Å². The SMILES string of the molecule is C=CCN(CC=C)S(=O)(=O)c1ccc(C(=O)Oc2ccc3nc(N(C)C)sc3c2)cc1. The first-order valence-corrected chi connectivity index (χ1v) is 11.6. The molecule has 0 radical (unpaired) electrons. The minimum absolute atomic E-state index is 0.0787. The quantitative estimate of drug-likeness (QED) is 0.275. The van der Waals surface area contributed by atoms with Crippen LogP contribution in [-0.4, -0.2) is 50.9 Å². The average molecular weight is 458 g/mol. The van der Waals surface area contributed by atoms with Crippen molar-refractivity contribution in [2.45, 2.75) is 4.90 Å². The normalized spacial score (nSPS) is 11.5. The number of aromatic nitrogens is 1. The Hall–Kier alpha value is -3.01. The Morgan fingerprint density at radius 2 is 1.74 bits per heavy atom. The van der Waals surface area contributed by atoms with Gasteiger partial charge in [0.1, 0.15) is 5.75 Å². The average Bonchev–Trinajstić information content (AvgIpc) is 3.17. The van der Waals surface area contributed by atoms with Crippen molar-refractivity contribution in [1.82, 2.24) is 9.29 Å². The van der Waals surface area contributed by atoms with E-state index in [2.05, 4.69) is 18.1 Å². The first kappa shape index (κ1) is 22.7. The highest BCUT2D eigenvalue weighted by Crippen LogP contribution is 2.30. The Bertz CT molecular complexity index is 1210. The molecule has 1 aromatic heterocycles. The van der Waals surface area contributed by atoms with Crippen LogP contribution >= 0.6 is 11.3 Å². The summed E-state index contributed by atoms with van der Waals surface area (Å²) in [7, 11) is 0.0998. The number of ether oxygens (including phenoxy) is 1. The van der Waals surface area contributed by atoms with E-state index in [1.54, 1.807) is 18.2 Å². The standard InChI is InChI=1S/C22H23N3O4S2/c1-5-13-25(14-6-2)31(27,28)18-10-7-16(8-11-18)21(26)29-17-9-12-19-20(15-17)30-22(23-19)24(3)4/h5-12,15H,1-2,13-14H2,3-4H3. The molecule has 0 N–H and O–H groups in total. The van der Waals surface area contributed by atoms with Crippen LogP contribution in [0.2, 0.25) is 0 Å². The molecular weight excluding hydrogens is 434 g/mol. The summed E-state index contributed by atoms with van der Waals surface area (Å²) in [4.78, 5) is 19.0. The van der Waals surface area contributed by atoms with Crippen molar-refractivity contribution >= 4 is 42.7 Å². The van der Waals surface area contributed by atoms with Crippen molar-refractivity contribution in [3.8, 4) is 5.75 Å². The summed E-state index contributed by atoms with van der Waals surface area (Å²) in [6.45, 7) is 7.50. The zero-order valence-corrected chi connectivity index (χ0v) is 18.9. The molecule has 1 heterocycles. The van der Waals surface area contributed by atoms with Crippen LogP contribution in [0, 0.1) is 0 Å². The Labute approximate surface area is 185 Å². The van der Waals surface area contributed by atoms with Crippen LogP contribution < -0.4 is 9.64 Å². The Balaban J connectivity index is 1.78. The van der Waals surface area contributed by atoms with Gasteiger partial charge in [-0.05, 0) is 36.4 Å². The number of nitrogens with zero attached hydrogens (tertiary/aromatic N) is 3. The molecule has 0 spiro atoms. The molecule has 7 nitrogen and oxygen atoms in total. The number of esters is 1. The largest absolute Gasteiger partial charge is 0.423 e. The molecule has 0 bridgehead atoms. The highest BCUT2D eigenvalue weighted by molar-refractivity contribution is 7.89. The number of fused-ring (bicyclic) bond motifs is 1. The molecule has 0 atom stereocenters. The lowest BCUT2D eigenvalue weighted by molar-refractivity contribution is 0.0735. The van der Waals surface area contributed by atoms with Crippen LogP contribution in [-0.2, 0) is 10.0 Å². The van der Waals surface area contributed by atoms with Gasteiger partial charge >= 0.3 is 5.97 Å². The number of rotatable bonds is 9. The first-order chi connectivity index (χ1) is 14.8. The van der Waals surface area contributed by atoms with Crippen LogP contribution in [0.5, 0.6) is 5.75 Å². The first-order valence-electron chi connectivity index (χ1n) is 9.38. The van der Waals surface area contributed by atoms with Crippen molar-refractivity contribution in [3.05, 3.63) is 73.3 Å². The second-order valence-corrected chi connectivity index (χ2v) is 9.78. The molecule has 0 amide bonds. The van der Waals surface area contributed by atoms with E-state index in [0.717, 1.165) is 15.3 Å². The molecule has 0 aliphatic rings. The number of sulfonamides is 1. The molecule has 0 aliphatic carbocycles. The second-order valence-electron chi connectivity index (χ2n) is 6.83. The van der Waals surface area contributed by atoms with E-state index in [-0.39, 0.29) is 23.5 Å². The van der Waals surface area contributed by atoms with Gasteiger partial charge in [0.2, 0.25) is 10.0 Å². The molecule has 0 saturated heterocycles. The zero-order chi connectivity index (χ0) is 22.6. The molecule has 162 valence electrons. The van der Waals surface area contributed by atoms with E-state index < -0.39 is 16.0 Å². The number of hydrogen-bond donors (Lipinski definition) is 0. The van der Waals surface area contributed by atoms with Crippen molar-refractivity contribution in [2.75, 3.05) is 32.1 Å². The molecule has 3 rings (SSSR count). The lowest BCUT2D eigenvalue weighted by Gasteiger charge is -2.19. The van der Waals surface area contributed by atoms with Gasteiger partial charge < -0.3 is 9.64 Å². The van der Waals surface area contributed by atoms with Crippen molar-refractivity contribution in [2.24, 2.45) is 0 Å². The van der Waals surface area contributed by atoms with Crippen molar-refractivity contribution in [1.29, 1.82) is 0 Å². The third-order valence-electron chi connectivity index (χ3n) is 4.34. The highest BCUT2D eigenvalue weighted by atomic mass is 32.2. The summed E-state index contributed by atoms with van der Waals surface area (Å²) in [6.07, 6.45) is 3.02. The van der Waals surface area contributed by atoms with Crippen LogP contribution in [0.3, 0.4) is 0 Å². The van der Waals surface area contributed by atoms with Gasteiger partial charge in [-0.25, -0.2) is 18.2 Å². The predicted molar refractivity (Wildman–Crippen MR) is 125 cm³/mol. The summed E-state index contributed by atoms with van der Waals surface area (Å²) >= 11 is 1.50. The number of hydrogen-bond acceptors (Lipinski definition) is 7. The number of anilines is 1. The van der Waals surface area contributed by atoms with Gasteiger partial charge in [0.15, 0.2) is 5.13 Å². The van der Waals surface area contributed by atoms with Gasteiger partial charge in [-0.3, -0.25) is 0 Å². The number of thiazole rings is 1. The van der Waals surface area contributed by atoms with Gasteiger partial charge in [0.05, 0.1) is 20.7 Å². The topological polar surface area (TPSA) is 79.8 Å². The number of carbonyl (C=O) groups is 1. The molecule has 2 aromatic carbocycles. The second kappa shape index (κ2) is 9.42. The van der Waals surface area contributed by atoms with Gasteiger partial charge in [0.25, 0.3) is 0 Å². The van der Waals surface area contributed by atoms with Crippen LogP contribution in [0.25, 0.3) is 10.2 Å². The Morgan fingerprint density at radius 3 is 2.32 bits per heavy atom. The van der Waals surface area contributed by atoms with Crippen LogP contribution in [0.1, 0.15) is 10.4 Å². The third kappa shape index (κ3) is 5.01. The monoisotopic (exact) mass is 457 g/mol. The highest BCUT2D eigenvalue weighted by Gasteiger charge is 2.23. The fourth-order valence-electron chi connectivity index (χ4n) is 2.78. The summed E-state index contributed by atoms with van der Waals surface area (Å²) in [5.41, 5.74) is 1.07. The number of carbonyl (C=O) groups excluding carboxylic acids is 1. The van der Waals surface area contributed by atoms with E-state index in [1.807, 2.05) is 19.0 Å². The molecular formula is C22H23N3O4S2. The lowest BCUT2D eigenvalue weighted by Crippen LogP contribution is -2.31. The summed E-state index contributed by atoms with van der Waals surface area (Å²) in [6, 6.07) is 10.9. The maximum Gasteiger partial charge on any atom is 0.343 e. The van der Waals surface area contributed by atoms with E-state index in [4.69, 9.17) is 4.74 Å². The lowest BCUT2D eigenvalue weighted by atomic mass is 10.2. The van der Waals surface area contributed by atoms with E-state index in [9.17, 15) is 13.2 Å². The third-order valence-corrected chi connectivity index (χ3v) is 7.37. The minimum atomic E-state index is -3.73. The molecule has 0 aliphatic heterocycles. The van der Waals surface area contributed by atoms with Gasteiger partial charge in [-0.2, -0.15) is 4.31 Å². The van der Waals surface area contributed by atoms with Crippen molar-refractivity contribution in [3.63, 3.8) is 0 Å². The van der Waals surface area contributed by atoms with Crippen LogP contribution in [0.15, 0.2) is 72.7 Å². The maximum atomic E-state index is 12.8. The molecule has 9 heteroatoms. The zero-order valence-electron chi connectivity index (χ0n) is 17.3. The van der Waals surface area contributed by atoms with E-state index in [0.29, 0.717) is 5.75 Å². The van der Waals surface area contributed by atoms with Gasteiger partial charge in [-0.15, -0.1) is 13.2 Å². The summed E-state index contributed by atoms with van der Waals surface area (Å²) in [5, 5.41) is 0.859. The molecule has 3 aromatic rings. The fraction of sp³-hybridized carbons (Fsp3) is 0.182. The van der Waals surface area contributed by atoms with Gasteiger partial charge in [0, 0.05) is 33.3 Å². The minimum Gasteiger partial charge on any atom is -0.423 e. The molecule has 0 saturated carbocycles. The van der Waals surface area contributed by atoms with Crippen LogP contribution in [0.4, 0.5) is 5.13 Å². The summed E-state index contributed by atoms with van der Waals surface area (Å²) in [5.74, 6) is -0.180. The molecule has 31 heavy (non-hydrogen) atoms. The van der Waals surface area contributed by atoms with Crippen molar-refractivity contribution < 1.29 is 17.9 Å². The Kier molecular flexibility index (Phi) is 6.89. The predicted octanol–water partition coefficient (Wildman–Crippen LogP) is 3.94. The Morgan fingerprint density at radius 1 is 1.10 bits per heavy atom. The molecule has 0 fully saturated rings. The smallest absolute Gasteiger partial charge is 0.343 e. The summed E-state index contributed by atoms with van der Waals surface area (Å²) < 4.78 is 33.1. The van der Waals surface area contributed by atoms with E-state index >= 15 is 0 Å². The number of benzene rings is 2. The van der Waals surface area contributed by atoms with E-state index in [1.165, 1.54) is 52.1 Å². The maximum absolute atomic E-state index is 12.8. The molecule has 0 unspecified atom stereocenters. The fourth-order valence-corrected chi connectivity index (χ4v) is 5.08.